The molecule has 0 bridgehead atoms. The van der Waals surface area contributed by atoms with Crippen LogP contribution in [0.1, 0.15) is 15.9 Å². The average molecular weight is 479 g/mol. The third-order valence-corrected chi connectivity index (χ3v) is 7.17. The molecule has 9 nitrogen and oxygen atoms in total. The molecule has 0 aromatic heterocycles. The lowest BCUT2D eigenvalue weighted by molar-refractivity contribution is -0.385. The van der Waals surface area contributed by atoms with Crippen LogP contribution in [0, 0.1) is 21.4 Å². The number of carbonyl (C=O) groups is 1. The summed E-state index contributed by atoms with van der Waals surface area (Å²) in [5, 5.41) is 20.2. The van der Waals surface area contributed by atoms with Crippen LogP contribution in [0.4, 0.5) is 5.69 Å². The van der Waals surface area contributed by atoms with E-state index in [1.165, 1.54) is 39.5 Å². The molecule has 11 heteroatoms. The Morgan fingerprint density at radius 2 is 1.79 bits per heavy atom. The highest BCUT2D eigenvalue weighted by Gasteiger charge is 2.32. The Labute approximate surface area is 175 Å². The summed E-state index contributed by atoms with van der Waals surface area (Å²) in [6, 6.07) is 11.9. The van der Waals surface area contributed by atoms with Crippen LogP contribution in [-0.4, -0.2) is 54.6 Å². The molecule has 0 atom stereocenters. The summed E-state index contributed by atoms with van der Waals surface area (Å²) in [6.45, 7) is 0.395. The SMILES string of the molecule is N#Cc1ccccc1S(=O)(=O)N1CCN(C(=O)c2ccc(Br)c([N+](=O)[O-])c2)CC1. The summed E-state index contributed by atoms with van der Waals surface area (Å²) in [5.41, 5.74) is 0.00406. The maximum Gasteiger partial charge on any atom is 0.284 e. The Morgan fingerprint density at radius 1 is 1.14 bits per heavy atom. The second-order valence-corrected chi connectivity index (χ2v) is 8.99. The number of benzene rings is 2. The molecule has 150 valence electrons. The number of hydrogen-bond donors (Lipinski definition) is 0. The van der Waals surface area contributed by atoms with Gasteiger partial charge in [0, 0.05) is 37.8 Å². The lowest BCUT2D eigenvalue weighted by Crippen LogP contribution is -2.50. The van der Waals surface area contributed by atoms with Crippen molar-refractivity contribution in [2.45, 2.75) is 4.90 Å². The third kappa shape index (κ3) is 4.14. The molecule has 2 aromatic carbocycles. The van der Waals surface area contributed by atoms with Crippen molar-refractivity contribution in [3.8, 4) is 6.07 Å². The second-order valence-electron chi connectivity index (χ2n) is 6.23. The zero-order valence-corrected chi connectivity index (χ0v) is 17.4. The Balaban J connectivity index is 1.75. The van der Waals surface area contributed by atoms with Crippen molar-refractivity contribution in [1.29, 1.82) is 5.26 Å². The van der Waals surface area contributed by atoms with Crippen molar-refractivity contribution in [2.75, 3.05) is 26.2 Å². The van der Waals surface area contributed by atoms with E-state index in [1.807, 2.05) is 6.07 Å². The van der Waals surface area contributed by atoms with Gasteiger partial charge in [-0.05, 0) is 40.2 Å². The Hall–Kier alpha value is -2.81. The standard InChI is InChI=1S/C18H15BrN4O5S/c19-15-6-5-13(11-16(15)23(25)26)18(24)21-7-9-22(10-8-21)29(27,28)17-4-2-1-3-14(17)12-20/h1-6,11H,7-10H2. The first-order chi connectivity index (χ1) is 13.8. The van der Waals surface area contributed by atoms with Gasteiger partial charge in [-0.1, -0.05) is 12.1 Å². The molecule has 1 aliphatic rings. The number of nitriles is 1. The predicted molar refractivity (Wildman–Crippen MR) is 107 cm³/mol. The van der Waals surface area contributed by atoms with Crippen LogP contribution in [0.15, 0.2) is 51.8 Å². The van der Waals surface area contributed by atoms with E-state index in [2.05, 4.69) is 15.9 Å². The summed E-state index contributed by atoms with van der Waals surface area (Å²) >= 11 is 3.08. The van der Waals surface area contributed by atoms with E-state index >= 15 is 0 Å². The number of sulfonamides is 1. The van der Waals surface area contributed by atoms with Gasteiger partial charge in [-0.25, -0.2) is 8.42 Å². The summed E-state index contributed by atoms with van der Waals surface area (Å²) in [6.07, 6.45) is 0. The van der Waals surface area contributed by atoms with Crippen molar-refractivity contribution < 1.29 is 18.1 Å². The summed E-state index contributed by atoms with van der Waals surface area (Å²) in [7, 11) is -3.86. The van der Waals surface area contributed by atoms with E-state index in [0.29, 0.717) is 0 Å². The number of hydrogen-bond acceptors (Lipinski definition) is 6. The summed E-state index contributed by atoms with van der Waals surface area (Å²) in [4.78, 5) is 24.6. The highest BCUT2D eigenvalue weighted by Crippen LogP contribution is 2.27. The normalized spacial score (nSPS) is 15.0. The smallest absolute Gasteiger partial charge is 0.284 e. The van der Waals surface area contributed by atoms with Crippen LogP contribution in [0.2, 0.25) is 0 Å². The van der Waals surface area contributed by atoms with Crippen molar-refractivity contribution >= 4 is 37.5 Å². The van der Waals surface area contributed by atoms with Gasteiger partial charge in [-0.15, -0.1) is 0 Å². The van der Waals surface area contributed by atoms with Gasteiger partial charge in [0.2, 0.25) is 10.0 Å². The molecule has 1 aliphatic heterocycles. The van der Waals surface area contributed by atoms with Gasteiger partial charge >= 0.3 is 0 Å². The van der Waals surface area contributed by atoms with Crippen molar-refractivity contribution in [1.82, 2.24) is 9.21 Å². The minimum Gasteiger partial charge on any atom is -0.336 e. The molecule has 0 N–H and O–H groups in total. The van der Waals surface area contributed by atoms with Crippen LogP contribution < -0.4 is 0 Å². The molecule has 0 spiro atoms. The number of nitro groups is 1. The number of piperazine rings is 1. The van der Waals surface area contributed by atoms with Gasteiger partial charge in [-0.3, -0.25) is 14.9 Å². The fourth-order valence-corrected chi connectivity index (χ4v) is 4.98. The molecule has 0 aliphatic carbocycles. The van der Waals surface area contributed by atoms with E-state index in [4.69, 9.17) is 5.26 Å². The first-order valence-electron chi connectivity index (χ1n) is 8.48. The Kier molecular flexibility index (Phi) is 5.97. The summed E-state index contributed by atoms with van der Waals surface area (Å²) < 4.78 is 27.2. The molecule has 0 radical (unpaired) electrons. The molecule has 2 aromatic rings. The molecular weight excluding hydrogens is 464 g/mol. The maximum absolute atomic E-state index is 12.9. The van der Waals surface area contributed by atoms with E-state index in [-0.39, 0.29) is 52.4 Å². The molecule has 0 unspecified atom stereocenters. The number of nitrogens with zero attached hydrogens (tertiary/aromatic N) is 4. The van der Waals surface area contributed by atoms with E-state index in [9.17, 15) is 23.3 Å². The molecule has 29 heavy (non-hydrogen) atoms. The van der Waals surface area contributed by atoms with Crippen LogP contribution >= 0.6 is 15.9 Å². The number of nitro benzene ring substituents is 1. The van der Waals surface area contributed by atoms with Crippen LogP contribution in [0.25, 0.3) is 0 Å². The topological polar surface area (TPSA) is 125 Å². The minimum absolute atomic E-state index is 0.0620. The number of carbonyl (C=O) groups excluding carboxylic acids is 1. The second kappa shape index (κ2) is 8.28. The lowest BCUT2D eigenvalue weighted by Gasteiger charge is -2.34. The largest absolute Gasteiger partial charge is 0.336 e. The van der Waals surface area contributed by atoms with Crippen LogP contribution in [0.3, 0.4) is 0 Å². The Morgan fingerprint density at radius 3 is 2.41 bits per heavy atom. The fraction of sp³-hybridized carbons (Fsp3) is 0.222. The van der Waals surface area contributed by atoms with E-state index < -0.39 is 20.9 Å². The molecule has 3 rings (SSSR count). The Bertz CT molecular complexity index is 1120. The van der Waals surface area contributed by atoms with Gasteiger partial charge in [0.05, 0.1) is 19.9 Å². The van der Waals surface area contributed by atoms with Crippen molar-refractivity contribution in [3.63, 3.8) is 0 Å². The summed E-state index contributed by atoms with van der Waals surface area (Å²) in [5.74, 6) is -0.407. The zero-order chi connectivity index (χ0) is 21.2. The average Bonchev–Trinajstić information content (AvgIpc) is 2.73. The first-order valence-corrected chi connectivity index (χ1v) is 10.7. The van der Waals surface area contributed by atoms with Crippen LogP contribution in [0.5, 0.6) is 0 Å². The van der Waals surface area contributed by atoms with Gasteiger partial charge in [0.15, 0.2) is 0 Å². The lowest BCUT2D eigenvalue weighted by atomic mass is 10.1. The molecule has 1 saturated heterocycles. The van der Waals surface area contributed by atoms with Gasteiger partial charge < -0.3 is 4.90 Å². The number of amides is 1. The first kappa shape index (κ1) is 20.9. The van der Waals surface area contributed by atoms with Gasteiger partial charge in [-0.2, -0.15) is 9.57 Å². The fourth-order valence-electron chi connectivity index (χ4n) is 3.02. The van der Waals surface area contributed by atoms with E-state index in [0.717, 1.165) is 0 Å². The predicted octanol–water partition coefficient (Wildman–Crippen LogP) is 2.38. The monoisotopic (exact) mass is 478 g/mol. The minimum atomic E-state index is -3.86. The highest BCUT2D eigenvalue weighted by molar-refractivity contribution is 9.10. The van der Waals surface area contributed by atoms with Gasteiger partial charge in [0.1, 0.15) is 6.07 Å². The molecule has 1 fully saturated rings. The quantitative estimate of drug-likeness (QED) is 0.490. The zero-order valence-electron chi connectivity index (χ0n) is 15.0. The van der Waals surface area contributed by atoms with E-state index in [1.54, 1.807) is 12.1 Å². The number of halogens is 1. The molecule has 1 heterocycles. The highest BCUT2D eigenvalue weighted by atomic mass is 79.9. The van der Waals surface area contributed by atoms with Crippen LogP contribution in [-0.2, 0) is 10.0 Å². The van der Waals surface area contributed by atoms with Crippen molar-refractivity contribution in [3.05, 3.63) is 68.2 Å². The van der Waals surface area contributed by atoms with Gasteiger partial charge in [0.25, 0.3) is 11.6 Å². The third-order valence-electron chi connectivity index (χ3n) is 4.54. The maximum atomic E-state index is 12.9. The van der Waals surface area contributed by atoms with Crippen molar-refractivity contribution in [2.24, 2.45) is 0 Å². The molecular formula is C18H15BrN4O5S. The number of rotatable bonds is 4. The molecule has 1 amide bonds. The molecule has 0 saturated carbocycles.